The largest absolute Gasteiger partial charge is 0.299 e. The molecular formula is C10H18O. The van der Waals surface area contributed by atoms with Crippen LogP contribution in [0, 0.1) is 5.92 Å². The van der Waals surface area contributed by atoms with Crippen LogP contribution < -0.4 is 0 Å². The first-order valence-electron chi connectivity index (χ1n) is 4.36. The quantitative estimate of drug-likeness (QED) is 0.556. The number of rotatable bonds is 5. The highest BCUT2D eigenvalue weighted by molar-refractivity contribution is 5.81. The van der Waals surface area contributed by atoms with Crippen LogP contribution in [0.5, 0.6) is 0 Å². The molecule has 0 rings (SSSR count). The summed E-state index contributed by atoms with van der Waals surface area (Å²) >= 11 is 0. The van der Waals surface area contributed by atoms with Crippen LogP contribution >= 0.6 is 0 Å². The number of hydrogen-bond donors (Lipinski definition) is 0. The molecule has 0 N–H and O–H groups in total. The summed E-state index contributed by atoms with van der Waals surface area (Å²) < 4.78 is 0. The zero-order chi connectivity index (χ0) is 8.69. The topological polar surface area (TPSA) is 17.1 Å². The second-order valence-corrected chi connectivity index (χ2v) is 3.09. The van der Waals surface area contributed by atoms with Gasteiger partial charge in [-0.25, -0.2) is 0 Å². The summed E-state index contributed by atoms with van der Waals surface area (Å²) in [6.07, 6.45) is 6.92. The number of ketones is 1. The highest BCUT2D eigenvalue weighted by atomic mass is 16.1. The van der Waals surface area contributed by atoms with Gasteiger partial charge >= 0.3 is 0 Å². The second kappa shape index (κ2) is 6.14. The zero-order valence-corrected chi connectivity index (χ0v) is 7.76. The van der Waals surface area contributed by atoms with E-state index in [-0.39, 0.29) is 5.92 Å². The standard InChI is InChI=1S/C10H18O/c1-4-5-6-7-8-10(11)9(2)3/h6-7,9H,4-5,8H2,1-3H3/b7-6+. The molecule has 0 radical (unpaired) electrons. The van der Waals surface area contributed by atoms with E-state index in [2.05, 4.69) is 13.0 Å². The Labute approximate surface area is 69.5 Å². The fraction of sp³-hybridized carbons (Fsp3) is 0.700. The van der Waals surface area contributed by atoms with Crippen molar-refractivity contribution < 1.29 is 4.79 Å². The molecule has 64 valence electrons. The average Bonchev–Trinajstić information content (AvgIpc) is 1.97. The molecule has 0 saturated heterocycles. The highest BCUT2D eigenvalue weighted by Crippen LogP contribution is 2.00. The van der Waals surface area contributed by atoms with Gasteiger partial charge in [-0.15, -0.1) is 0 Å². The summed E-state index contributed by atoms with van der Waals surface area (Å²) in [5.74, 6) is 0.513. The molecule has 0 aromatic carbocycles. The number of carbonyl (C=O) groups is 1. The Morgan fingerprint density at radius 2 is 2.00 bits per heavy atom. The van der Waals surface area contributed by atoms with Gasteiger partial charge < -0.3 is 0 Å². The van der Waals surface area contributed by atoms with Gasteiger partial charge in [-0.2, -0.15) is 0 Å². The molecule has 0 aliphatic heterocycles. The molecule has 0 atom stereocenters. The lowest BCUT2D eigenvalue weighted by Gasteiger charge is -1.98. The van der Waals surface area contributed by atoms with Gasteiger partial charge in [-0.05, 0) is 6.42 Å². The van der Waals surface area contributed by atoms with Crippen molar-refractivity contribution in [2.45, 2.75) is 40.0 Å². The molecule has 0 amide bonds. The molecule has 0 aromatic heterocycles. The van der Waals surface area contributed by atoms with Crippen molar-refractivity contribution in [2.24, 2.45) is 5.92 Å². The van der Waals surface area contributed by atoms with E-state index < -0.39 is 0 Å². The summed E-state index contributed by atoms with van der Waals surface area (Å²) in [7, 11) is 0. The first-order chi connectivity index (χ1) is 5.18. The van der Waals surface area contributed by atoms with Crippen molar-refractivity contribution >= 4 is 5.78 Å². The summed E-state index contributed by atoms with van der Waals surface area (Å²) in [6, 6.07) is 0. The maximum Gasteiger partial charge on any atom is 0.139 e. The maximum absolute atomic E-state index is 11.1. The molecule has 0 aromatic rings. The van der Waals surface area contributed by atoms with Gasteiger partial charge in [0.1, 0.15) is 5.78 Å². The summed E-state index contributed by atoms with van der Waals surface area (Å²) in [4.78, 5) is 11.1. The maximum atomic E-state index is 11.1. The third kappa shape index (κ3) is 5.84. The number of allylic oxidation sites excluding steroid dienone is 2. The second-order valence-electron chi connectivity index (χ2n) is 3.09. The van der Waals surface area contributed by atoms with Gasteiger partial charge in [0.05, 0.1) is 0 Å². The van der Waals surface area contributed by atoms with Crippen LogP contribution in [0.15, 0.2) is 12.2 Å². The highest BCUT2D eigenvalue weighted by Gasteiger charge is 2.02. The van der Waals surface area contributed by atoms with E-state index in [0.29, 0.717) is 12.2 Å². The van der Waals surface area contributed by atoms with E-state index in [9.17, 15) is 4.79 Å². The molecule has 0 aliphatic carbocycles. The van der Waals surface area contributed by atoms with E-state index in [4.69, 9.17) is 0 Å². The van der Waals surface area contributed by atoms with Crippen molar-refractivity contribution in [2.75, 3.05) is 0 Å². The molecule has 0 fully saturated rings. The molecule has 11 heavy (non-hydrogen) atoms. The number of carbonyl (C=O) groups excluding carboxylic acids is 1. The number of unbranched alkanes of at least 4 members (excludes halogenated alkanes) is 1. The zero-order valence-electron chi connectivity index (χ0n) is 7.76. The predicted molar refractivity (Wildman–Crippen MR) is 48.5 cm³/mol. The predicted octanol–water partition coefficient (Wildman–Crippen LogP) is 2.96. The molecular weight excluding hydrogens is 136 g/mol. The fourth-order valence-electron chi connectivity index (χ4n) is 0.720. The molecule has 0 aliphatic rings. The van der Waals surface area contributed by atoms with Crippen molar-refractivity contribution in [3.63, 3.8) is 0 Å². The molecule has 1 heteroatoms. The minimum atomic E-state index is 0.182. The lowest BCUT2D eigenvalue weighted by Crippen LogP contribution is -2.04. The smallest absolute Gasteiger partial charge is 0.139 e. The SMILES string of the molecule is CCC/C=C/CC(=O)C(C)C. The van der Waals surface area contributed by atoms with Crippen molar-refractivity contribution in [3.05, 3.63) is 12.2 Å². The van der Waals surface area contributed by atoms with E-state index >= 15 is 0 Å². The van der Waals surface area contributed by atoms with Crippen LogP contribution in [-0.4, -0.2) is 5.78 Å². The van der Waals surface area contributed by atoms with Crippen LogP contribution in [0.25, 0.3) is 0 Å². The first-order valence-corrected chi connectivity index (χ1v) is 4.36. The normalized spacial score (nSPS) is 11.3. The van der Waals surface area contributed by atoms with Gasteiger partial charge in [-0.1, -0.05) is 39.3 Å². The summed E-state index contributed by atoms with van der Waals surface area (Å²) in [6.45, 7) is 6.01. The Kier molecular flexibility index (Phi) is 5.81. The van der Waals surface area contributed by atoms with Crippen molar-refractivity contribution in [1.29, 1.82) is 0 Å². The van der Waals surface area contributed by atoms with Crippen molar-refractivity contribution in [1.82, 2.24) is 0 Å². The lowest BCUT2D eigenvalue weighted by atomic mass is 10.1. The molecule has 1 nitrogen and oxygen atoms in total. The van der Waals surface area contributed by atoms with E-state index in [1.54, 1.807) is 0 Å². The van der Waals surface area contributed by atoms with E-state index in [1.165, 1.54) is 0 Å². The molecule has 0 heterocycles. The van der Waals surface area contributed by atoms with E-state index in [0.717, 1.165) is 12.8 Å². The monoisotopic (exact) mass is 154 g/mol. The fourth-order valence-corrected chi connectivity index (χ4v) is 0.720. The third-order valence-electron chi connectivity index (χ3n) is 1.58. The molecule has 0 bridgehead atoms. The Morgan fingerprint density at radius 1 is 1.36 bits per heavy atom. The first kappa shape index (κ1) is 10.4. The summed E-state index contributed by atoms with van der Waals surface area (Å²) in [5, 5.41) is 0. The number of Topliss-reactive ketones (excluding diaryl/α,β-unsaturated/α-hetero) is 1. The molecule has 0 unspecified atom stereocenters. The Hall–Kier alpha value is -0.590. The van der Waals surface area contributed by atoms with Gasteiger partial charge in [-0.3, -0.25) is 4.79 Å². The minimum absolute atomic E-state index is 0.182. The van der Waals surface area contributed by atoms with Crippen LogP contribution in [0.1, 0.15) is 40.0 Å². The third-order valence-corrected chi connectivity index (χ3v) is 1.58. The van der Waals surface area contributed by atoms with Gasteiger partial charge in [0.15, 0.2) is 0 Å². The minimum Gasteiger partial charge on any atom is -0.299 e. The lowest BCUT2D eigenvalue weighted by molar-refractivity contribution is -0.121. The van der Waals surface area contributed by atoms with Crippen LogP contribution in [-0.2, 0) is 4.79 Å². The Morgan fingerprint density at radius 3 is 2.45 bits per heavy atom. The van der Waals surface area contributed by atoms with Crippen molar-refractivity contribution in [3.8, 4) is 0 Å². The van der Waals surface area contributed by atoms with Gasteiger partial charge in [0, 0.05) is 12.3 Å². The average molecular weight is 154 g/mol. The summed E-state index contributed by atoms with van der Waals surface area (Å²) in [5.41, 5.74) is 0. The Bertz CT molecular complexity index is 134. The van der Waals surface area contributed by atoms with Crippen LogP contribution in [0.3, 0.4) is 0 Å². The Balaban J connectivity index is 3.45. The van der Waals surface area contributed by atoms with Gasteiger partial charge in [0.25, 0.3) is 0 Å². The van der Waals surface area contributed by atoms with E-state index in [1.807, 2.05) is 19.9 Å². The molecule has 0 saturated carbocycles. The van der Waals surface area contributed by atoms with Crippen LogP contribution in [0.4, 0.5) is 0 Å². The number of hydrogen-bond acceptors (Lipinski definition) is 1. The van der Waals surface area contributed by atoms with Crippen LogP contribution in [0.2, 0.25) is 0 Å². The van der Waals surface area contributed by atoms with Gasteiger partial charge in [0.2, 0.25) is 0 Å². The molecule has 0 spiro atoms.